The molecule has 0 amide bonds. The fraction of sp³-hybridized carbons (Fsp3) is 0.812. The molecule has 3 unspecified atom stereocenters. The van der Waals surface area contributed by atoms with Crippen LogP contribution in [0.25, 0.3) is 0 Å². The summed E-state index contributed by atoms with van der Waals surface area (Å²) in [7, 11) is 0. The molecular weight excluding hydrogens is 266 g/mol. The molecule has 0 radical (unpaired) electrons. The van der Waals surface area contributed by atoms with E-state index >= 15 is 0 Å². The molecule has 2 N–H and O–H groups in total. The Hall–Kier alpha value is -0.450. The van der Waals surface area contributed by atoms with Crippen LogP contribution in [0, 0.1) is 11.8 Å². The monoisotopic (exact) mass is 293 g/mol. The van der Waals surface area contributed by atoms with Crippen LogP contribution in [0.1, 0.15) is 49.9 Å². The number of aromatic nitrogens is 1. The maximum absolute atomic E-state index is 6.30. The number of nitrogens with zero attached hydrogens (tertiary/aromatic N) is 2. The van der Waals surface area contributed by atoms with Gasteiger partial charge in [-0.3, -0.25) is 4.90 Å². The standard InChI is InChI=1S/C16H27N3S/c1-16(2,3)14-7-18-15(20-14)10-19-8-11-5-4-6-13(17)12(11)9-19/h7,11-13H,4-6,8-10,17H2,1-3H3. The third kappa shape index (κ3) is 2.92. The lowest BCUT2D eigenvalue weighted by Gasteiger charge is -2.29. The summed E-state index contributed by atoms with van der Waals surface area (Å²) in [5.41, 5.74) is 6.52. The van der Waals surface area contributed by atoms with Crippen molar-refractivity contribution in [3.05, 3.63) is 16.1 Å². The summed E-state index contributed by atoms with van der Waals surface area (Å²) in [6.07, 6.45) is 5.98. The fourth-order valence-electron chi connectivity index (χ4n) is 3.66. The molecular formula is C16H27N3S. The lowest BCUT2D eigenvalue weighted by atomic mass is 9.78. The summed E-state index contributed by atoms with van der Waals surface area (Å²) < 4.78 is 0. The number of fused-ring (bicyclic) bond motifs is 1. The van der Waals surface area contributed by atoms with Crippen molar-refractivity contribution in [2.45, 2.75) is 58.0 Å². The number of rotatable bonds is 2. The van der Waals surface area contributed by atoms with Gasteiger partial charge in [-0.15, -0.1) is 11.3 Å². The highest BCUT2D eigenvalue weighted by atomic mass is 32.1. The van der Waals surface area contributed by atoms with Gasteiger partial charge >= 0.3 is 0 Å². The Morgan fingerprint density at radius 3 is 2.80 bits per heavy atom. The van der Waals surface area contributed by atoms with Crippen LogP contribution < -0.4 is 5.73 Å². The zero-order valence-electron chi connectivity index (χ0n) is 12.9. The van der Waals surface area contributed by atoms with Crippen LogP contribution in [0.5, 0.6) is 0 Å². The molecule has 1 aliphatic carbocycles. The zero-order chi connectivity index (χ0) is 14.3. The molecule has 0 bridgehead atoms. The summed E-state index contributed by atoms with van der Waals surface area (Å²) in [6.45, 7) is 10.2. The number of thiazole rings is 1. The second kappa shape index (κ2) is 5.39. The van der Waals surface area contributed by atoms with E-state index in [0.717, 1.165) is 18.4 Å². The largest absolute Gasteiger partial charge is 0.327 e. The highest BCUT2D eigenvalue weighted by Crippen LogP contribution is 2.36. The van der Waals surface area contributed by atoms with E-state index in [2.05, 4.69) is 36.9 Å². The Bertz CT molecular complexity index is 463. The van der Waals surface area contributed by atoms with E-state index in [-0.39, 0.29) is 5.41 Å². The molecule has 2 heterocycles. The molecule has 2 aliphatic rings. The van der Waals surface area contributed by atoms with E-state index in [1.807, 2.05) is 11.3 Å². The van der Waals surface area contributed by atoms with Crippen LogP contribution in [-0.4, -0.2) is 29.0 Å². The summed E-state index contributed by atoms with van der Waals surface area (Å²) >= 11 is 1.88. The van der Waals surface area contributed by atoms with Crippen LogP contribution in [-0.2, 0) is 12.0 Å². The molecule has 3 atom stereocenters. The van der Waals surface area contributed by atoms with Crippen molar-refractivity contribution in [2.24, 2.45) is 17.6 Å². The Morgan fingerprint density at radius 1 is 1.35 bits per heavy atom. The first-order chi connectivity index (χ1) is 9.43. The lowest BCUT2D eigenvalue weighted by molar-refractivity contribution is 0.259. The van der Waals surface area contributed by atoms with Crippen LogP contribution in [0.15, 0.2) is 6.20 Å². The Morgan fingerprint density at radius 2 is 2.15 bits per heavy atom. The summed E-state index contributed by atoms with van der Waals surface area (Å²) in [6, 6.07) is 0.431. The van der Waals surface area contributed by atoms with Crippen molar-refractivity contribution in [1.82, 2.24) is 9.88 Å². The van der Waals surface area contributed by atoms with Crippen molar-refractivity contribution < 1.29 is 0 Å². The predicted molar refractivity (Wildman–Crippen MR) is 84.9 cm³/mol. The average Bonchev–Trinajstić information content (AvgIpc) is 2.96. The van der Waals surface area contributed by atoms with Crippen molar-refractivity contribution in [3.63, 3.8) is 0 Å². The minimum absolute atomic E-state index is 0.220. The average molecular weight is 293 g/mol. The van der Waals surface area contributed by atoms with Gasteiger partial charge < -0.3 is 5.73 Å². The molecule has 112 valence electrons. The SMILES string of the molecule is CC(C)(C)c1cnc(CN2CC3CCCC(N)C3C2)s1. The molecule has 3 rings (SSSR count). The van der Waals surface area contributed by atoms with Gasteiger partial charge in [-0.1, -0.05) is 27.2 Å². The quantitative estimate of drug-likeness (QED) is 0.911. The topological polar surface area (TPSA) is 42.2 Å². The second-order valence-corrected chi connectivity index (χ2v) is 8.70. The number of hydrogen-bond acceptors (Lipinski definition) is 4. The number of nitrogens with two attached hydrogens (primary N) is 1. The number of hydrogen-bond donors (Lipinski definition) is 1. The third-order valence-corrected chi connectivity index (χ3v) is 6.29. The Kier molecular flexibility index (Phi) is 3.91. The smallest absolute Gasteiger partial charge is 0.107 e. The molecule has 1 saturated carbocycles. The maximum atomic E-state index is 6.30. The van der Waals surface area contributed by atoms with E-state index in [1.165, 1.54) is 42.2 Å². The third-order valence-electron chi connectivity index (χ3n) is 4.88. The van der Waals surface area contributed by atoms with E-state index in [0.29, 0.717) is 6.04 Å². The van der Waals surface area contributed by atoms with Gasteiger partial charge in [-0.2, -0.15) is 0 Å². The van der Waals surface area contributed by atoms with E-state index in [9.17, 15) is 0 Å². The van der Waals surface area contributed by atoms with Gasteiger partial charge in [0, 0.05) is 30.2 Å². The molecule has 20 heavy (non-hydrogen) atoms. The Labute approximate surface area is 126 Å². The van der Waals surface area contributed by atoms with Crippen LogP contribution in [0.2, 0.25) is 0 Å². The minimum Gasteiger partial charge on any atom is -0.327 e. The minimum atomic E-state index is 0.220. The first kappa shape index (κ1) is 14.5. The molecule has 2 fully saturated rings. The van der Waals surface area contributed by atoms with E-state index < -0.39 is 0 Å². The van der Waals surface area contributed by atoms with Gasteiger partial charge in [-0.25, -0.2) is 4.98 Å². The number of likely N-dealkylation sites (tertiary alicyclic amines) is 1. The van der Waals surface area contributed by atoms with Gasteiger partial charge in [0.05, 0.1) is 6.54 Å². The molecule has 4 heteroatoms. The summed E-state index contributed by atoms with van der Waals surface area (Å²) in [5.74, 6) is 1.56. The van der Waals surface area contributed by atoms with E-state index in [1.54, 1.807) is 0 Å². The molecule has 1 aromatic heterocycles. The first-order valence-corrected chi connectivity index (χ1v) is 8.68. The van der Waals surface area contributed by atoms with Gasteiger partial charge in [0.15, 0.2) is 0 Å². The van der Waals surface area contributed by atoms with Crippen molar-refractivity contribution in [3.8, 4) is 0 Å². The molecule has 0 aromatic carbocycles. The van der Waals surface area contributed by atoms with Gasteiger partial charge in [-0.05, 0) is 30.1 Å². The van der Waals surface area contributed by atoms with Crippen molar-refractivity contribution in [1.29, 1.82) is 0 Å². The molecule has 1 saturated heterocycles. The lowest BCUT2D eigenvalue weighted by Crippen LogP contribution is -2.38. The molecule has 1 aliphatic heterocycles. The van der Waals surface area contributed by atoms with Crippen LogP contribution >= 0.6 is 11.3 Å². The highest BCUT2D eigenvalue weighted by molar-refractivity contribution is 7.11. The summed E-state index contributed by atoms with van der Waals surface area (Å²) in [4.78, 5) is 8.59. The van der Waals surface area contributed by atoms with Gasteiger partial charge in [0.1, 0.15) is 5.01 Å². The molecule has 3 nitrogen and oxygen atoms in total. The zero-order valence-corrected chi connectivity index (χ0v) is 13.7. The van der Waals surface area contributed by atoms with Gasteiger partial charge in [0.25, 0.3) is 0 Å². The highest BCUT2D eigenvalue weighted by Gasteiger charge is 2.38. The normalized spacial score (nSPS) is 31.5. The van der Waals surface area contributed by atoms with Gasteiger partial charge in [0.2, 0.25) is 0 Å². The van der Waals surface area contributed by atoms with Crippen molar-refractivity contribution in [2.75, 3.05) is 13.1 Å². The first-order valence-electron chi connectivity index (χ1n) is 7.86. The molecule has 0 spiro atoms. The van der Waals surface area contributed by atoms with Crippen LogP contribution in [0.3, 0.4) is 0 Å². The second-order valence-electron chi connectivity index (χ2n) is 7.58. The van der Waals surface area contributed by atoms with Crippen molar-refractivity contribution >= 4 is 11.3 Å². The fourth-order valence-corrected chi connectivity index (χ4v) is 4.68. The van der Waals surface area contributed by atoms with E-state index in [4.69, 9.17) is 5.73 Å². The predicted octanol–water partition coefficient (Wildman–Crippen LogP) is 3.00. The molecule has 1 aromatic rings. The van der Waals surface area contributed by atoms with Crippen LogP contribution in [0.4, 0.5) is 0 Å². The summed E-state index contributed by atoms with van der Waals surface area (Å²) in [5, 5.41) is 1.27. The Balaban J connectivity index is 1.63. The maximum Gasteiger partial charge on any atom is 0.107 e.